The molecule has 1 amide bonds. The van der Waals surface area contributed by atoms with Crippen LogP contribution in [0.5, 0.6) is 5.75 Å². The monoisotopic (exact) mass is 425 g/mol. The first-order valence-corrected chi connectivity index (χ1v) is 11.1. The fraction of sp³-hybridized carbons (Fsp3) is 0.520. The summed E-state index contributed by atoms with van der Waals surface area (Å²) in [6.45, 7) is 13.1. The molecular formula is C25H35N3O3. The summed E-state index contributed by atoms with van der Waals surface area (Å²) in [6.07, 6.45) is 1.48. The molecular weight excluding hydrogens is 390 g/mol. The highest BCUT2D eigenvalue weighted by Crippen LogP contribution is 2.25. The second-order valence-corrected chi connectivity index (χ2v) is 9.31. The number of pyridine rings is 1. The van der Waals surface area contributed by atoms with E-state index in [0.29, 0.717) is 13.1 Å². The van der Waals surface area contributed by atoms with E-state index in [1.807, 2.05) is 52.8 Å². The number of aromatic nitrogens is 1. The molecule has 168 valence electrons. The van der Waals surface area contributed by atoms with Gasteiger partial charge in [0.25, 0.3) is 0 Å². The predicted molar refractivity (Wildman–Crippen MR) is 124 cm³/mol. The number of nitrogens with one attached hydrogen (secondary N) is 1. The van der Waals surface area contributed by atoms with E-state index in [0.717, 1.165) is 35.7 Å². The molecule has 1 atom stereocenters. The Morgan fingerprint density at radius 1 is 1.10 bits per heavy atom. The summed E-state index contributed by atoms with van der Waals surface area (Å²) in [6, 6.07) is 12.5. The van der Waals surface area contributed by atoms with Crippen molar-refractivity contribution in [2.24, 2.45) is 0 Å². The molecule has 1 aromatic heterocycles. The van der Waals surface area contributed by atoms with Crippen LogP contribution in [-0.4, -0.2) is 40.8 Å². The zero-order valence-electron chi connectivity index (χ0n) is 19.6. The van der Waals surface area contributed by atoms with Gasteiger partial charge in [0.2, 0.25) is 0 Å². The number of ether oxygens (including phenoxy) is 2. The molecule has 1 aliphatic rings. The van der Waals surface area contributed by atoms with Gasteiger partial charge in [-0.05, 0) is 71.4 Å². The minimum absolute atomic E-state index is 0.112. The molecule has 0 radical (unpaired) electrons. The van der Waals surface area contributed by atoms with Crippen molar-refractivity contribution < 1.29 is 14.3 Å². The lowest BCUT2D eigenvalue weighted by atomic mass is 10.1. The third kappa shape index (κ3) is 6.61. The van der Waals surface area contributed by atoms with Crippen LogP contribution < -0.4 is 10.1 Å². The summed E-state index contributed by atoms with van der Waals surface area (Å²) in [7, 11) is 0. The van der Waals surface area contributed by atoms with Crippen molar-refractivity contribution in [3.05, 3.63) is 53.3 Å². The Hall–Kier alpha value is -2.76. The molecule has 6 nitrogen and oxygen atoms in total. The Labute approximate surface area is 186 Å². The number of nitrogens with zero attached hydrogens (tertiary/aromatic N) is 2. The van der Waals surface area contributed by atoms with E-state index in [2.05, 4.69) is 35.4 Å². The molecule has 1 aliphatic heterocycles. The van der Waals surface area contributed by atoms with E-state index in [4.69, 9.17) is 9.47 Å². The van der Waals surface area contributed by atoms with Gasteiger partial charge in [0.1, 0.15) is 17.5 Å². The van der Waals surface area contributed by atoms with Gasteiger partial charge < -0.3 is 19.7 Å². The topological polar surface area (TPSA) is 63.7 Å². The van der Waals surface area contributed by atoms with E-state index in [9.17, 15) is 4.79 Å². The van der Waals surface area contributed by atoms with E-state index in [1.54, 1.807) is 4.90 Å². The quantitative estimate of drug-likeness (QED) is 0.671. The highest BCUT2D eigenvalue weighted by Gasteiger charge is 2.27. The van der Waals surface area contributed by atoms with Gasteiger partial charge in [0, 0.05) is 37.7 Å². The van der Waals surface area contributed by atoms with Crippen LogP contribution in [0.1, 0.15) is 63.5 Å². The molecule has 6 heteroatoms. The van der Waals surface area contributed by atoms with E-state index >= 15 is 0 Å². The normalized spacial score (nSPS) is 16.0. The maximum atomic E-state index is 12.2. The lowest BCUT2D eigenvalue weighted by Crippen LogP contribution is -2.44. The van der Waals surface area contributed by atoms with Crippen LogP contribution in [-0.2, 0) is 4.74 Å². The summed E-state index contributed by atoms with van der Waals surface area (Å²) in [4.78, 5) is 18.5. The molecule has 3 rings (SSSR count). The standard InChI is InChI=1S/C25H35N3O3/c1-17-7-12-23(19(3)26-17)27-18(2)20-8-10-21(11-9-20)30-22-13-15-28(16-14-22)24(29)31-25(4,5)6/h7-12,18,22,27H,13-16H2,1-6H3. The third-order valence-electron chi connectivity index (χ3n) is 5.37. The third-order valence-corrected chi connectivity index (χ3v) is 5.37. The van der Waals surface area contributed by atoms with Crippen LogP contribution >= 0.6 is 0 Å². The molecule has 1 fully saturated rings. The van der Waals surface area contributed by atoms with Crippen LogP contribution in [0.25, 0.3) is 0 Å². The predicted octanol–water partition coefficient (Wildman–Crippen LogP) is 5.65. The number of piperidine rings is 1. The van der Waals surface area contributed by atoms with Gasteiger partial charge in [-0.3, -0.25) is 4.98 Å². The second-order valence-electron chi connectivity index (χ2n) is 9.31. The Morgan fingerprint density at radius 3 is 2.32 bits per heavy atom. The molecule has 0 aliphatic carbocycles. The van der Waals surface area contributed by atoms with E-state index in [-0.39, 0.29) is 18.2 Å². The fourth-order valence-corrected chi connectivity index (χ4v) is 3.67. The molecule has 31 heavy (non-hydrogen) atoms. The Bertz CT molecular complexity index is 882. The van der Waals surface area contributed by atoms with Gasteiger partial charge in [-0.15, -0.1) is 0 Å². The number of hydrogen-bond donors (Lipinski definition) is 1. The Morgan fingerprint density at radius 2 is 1.74 bits per heavy atom. The van der Waals surface area contributed by atoms with Crippen molar-refractivity contribution in [2.45, 2.75) is 72.1 Å². The van der Waals surface area contributed by atoms with Gasteiger partial charge in [-0.1, -0.05) is 12.1 Å². The van der Waals surface area contributed by atoms with Crippen LogP contribution in [0.3, 0.4) is 0 Å². The zero-order valence-corrected chi connectivity index (χ0v) is 19.6. The summed E-state index contributed by atoms with van der Waals surface area (Å²) < 4.78 is 11.6. The van der Waals surface area contributed by atoms with Crippen LogP contribution in [0.2, 0.25) is 0 Å². The molecule has 2 heterocycles. The number of rotatable bonds is 5. The SMILES string of the molecule is Cc1ccc(NC(C)c2ccc(OC3CCN(C(=O)OC(C)(C)C)CC3)cc2)c(C)n1. The summed E-state index contributed by atoms with van der Waals surface area (Å²) in [5.41, 5.74) is 3.80. The lowest BCUT2D eigenvalue weighted by molar-refractivity contribution is 0.0126. The Kier molecular flexibility index (Phi) is 7.08. The van der Waals surface area contributed by atoms with Gasteiger partial charge in [-0.2, -0.15) is 0 Å². The maximum absolute atomic E-state index is 12.2. The number of anilines is 1. The van der Waals surface area contributed by atoms with Crippen LogP contribution in [0, 0.1) is 13.8 Å². The summed E-state index contributed by atoms with van der Waals surface area (Å²) >= 11 is 0. The molecule has 2 aromatic rings. The van der Waals surface area contributed by atoms with Gasteiger partial charge in [-0.25, -0.2) is 4.79 Å². The minimum atomic E-state index is -0.465. The average molecular weight is 426 g/mol. The van der Waals surface area contributed by atoms with Crippen molar-refractivity contribution in [2.75, 3.05) is 18.4 Å². The van der Waals surface area contributed by atoms with E-state index in [1.165, 1.54) is 5.56 Å². The van der Waals surface area contributed by atoms with Gasteiger partial charge in [0.15, 0.2) is 0 Å². The molecule has 0 bridgehead atoms. The smallest absolute Gasteiger partial charge is 0.410 e. The number of likely N-dealkylation sites (tertiary alicyclic amines) is 1. The van der Waals surface area contributed by atoms with Crippen LogP contribution in [0.4, 0.5) is 10.5 Å². The average Bonchev–Trinajstić information content (AvgIpc) is 2.70. The number of amides is 1. The first-order chi connectivity index (χ1) is 14.6. The van der Waals surface area contributed by atoms with Crippen molar-refractivity contribution in [3.63, 3.8) is 0 Å². The fourth-order valence-electron chi connectivity index (χ4n) is 3.67. The van der Waals surface area contributed by atoms with Crippen molar-refractivity contribution in [1.29, 1.82) is 0 Å². The first-order valence-electron chi connectivity index (χ1n) is 11.1. The zero-order chi connectivity index (χ0) is 22.6. The maximum Gasteiger partial charge on any atom is 0.410 e. The molecule has 1 unspecified atom stereocenters. The van der Waals surface area contributed by atoms with Gasteiger partial charge in [0.05, 0.1) is 11.4 Å². The number of hydrogen-bond acceptors (Lipinski definition) is 5. The first kappa shape index (κ1) is 22.9. The molecule has 0 saturated carbocycles. The van der Waals surface area contributed by atoms with Crippen molar-refractivity contribution in [3.8, 4) is 5.75 Å². The van der Waals surface area contributed by atoms with Gasteiger partial charge >= 0.3 is 6.09 Å². The van der Waals surface area contributed by atoms with Crippen molar-refractivity contribution in [1.82, 2.24) is 9.88 Å². The minimum Gasteiger partial charge on any atom is -0.490 e. The number of carbonyl (C=O) groups is 1. The van der Waals surface area contributed by atoms with E-state index < -0.39 is 5.60 Å². The highest BCUT2D eigenvalue weighted by atomic mass is 16.6. The molecule has 1 aromatic carbocycles. The molecule has 0 spiro atoms. The number of aryl methyl sites for hydroxylation is 2. The van der Waals surface area contributed by atoms with Crippen LogP contribution in [0.15, 0.2) is 36.4 Å². The summed E-state index contributed by atoms with van der Waals surface area (Å²) in [5.74, 6) is 0.861. The number of benzene rings is 1. The summed E-state index contributed by atoms with van der Waals surface area (Å²) in [5, 5.41) is 3.53. The Balaban J connectivity index is 1.50. The second kappa shape index (κ2) is 9.58. The largest absolute Gasteiger partial charge is 0.490 e. The molecule has 1 saturated heterocycles. The molecule has 1 N–H and O–H groups in total. The van der Waals surface area contributed by atoms with Crippen molar-refractivity contribution >= 4 is 11.8 Å². The lowest BCUT2D eigenvalue weighted by Gasteiger charge is -2.33. The number of carbonyl (C=O) groups excluding carboxylic acids is 1. The highest BCUT2D eigenvalue weighted by molar-refractivity contribution is 5.68.